The topological polar surface area (TPSA) is 230 Å². The Hall–Kier alpha value is -0.190. The normalized spacial score (nSPS) is 33.2. The summed E-state index contributed by atoms with van der Waals surface area (Å²) in [6, 6.07) is -0.285. The molecule has 1 aromatic rings. The minimum atomic E-state index is -5.96. The Morgan fingerprint density at radius 1 is 1.30 bits per heavy atom. The number of aliphatic hydroxyl groups excluding tert-OH is 1. The van der Waals surface area contributed by atoms with Crippen molar-refractivity contribution in [1.29, 1.82) is 0 Å². The number of hydrogen-bond acceptors (Lipinski definition) is 11. The van der Waals surface area contributed by atoms with Crippen LogP contribution in [0.1, 0.15) is 17.3 Å². The molecule has 0 bridgehead atoms. The lowest BCUT2D eigenvalue weighted by atomic mass is 9.96. The number of hydrogen-bond donors (Lipinski definition) is 7. The Morgan fingerprint density at radius 3 is 2.47 bits per heavy atom. The Kier molecular flexibility index (Phi) is 6.48. The van der Waals surface area contributed by atoms with Gasteiger partial charge in [0.25, 0.3) is 0 Å². The number of phosphoric acid groups is 3. The van der Waals surface area contributed by atoms with Gasteiger partial charge in [0.05, 0.1) is 10.7 Å². The zero-order valence-electron chi connectivity index (χ0n) is 17.5. The summed E-state index contributed by atoms with van der Waals surface area (Å²) in [5.41, 5.74) is -2.35. The van der Waals surface area contributed by atoms with E-state index in [1.165, 1.54) is 0 Å². The number of ether oxygens (including phenoxy) is 1. The summed E-state index contributed by atoms with van der Waals surface area (Å²) < 4.78 is 74.5. The molecule has 0 aromatic carbocycles. The van der Waals surface area contributed by atoms with Gasteiger partial charge in [-0.3, -0.25) is 9.09 Å². The van der Waals surface area contributed by atoms with E-state index in [0.29, 0.717) is 0 Å². The van der Waals surface area contributed by atoms with Crippen LogP contribution in [0.25, 0.3) is 0 Å². The number of nitrogens with one attached hydrogen (secondary N) is 1. The fourth-order valence-electron chi connectivity index (χ4n) is 2.22. The van der Waals surface area contributed by atoms with Gasteiger partial charge in [0.1, 0.15) is 22.4 Å². The van der Waals surface area contributed by atoms with Crippen molar-refractivity contribution < 1.29 is 65.5 Å². The van der Waals surface area contributed by atoms with Crippen LogP contribution in [0.4, 0.5) is 0 Å². The van der Waals surface area contributed by atoms with Crippen LogP contribution in [0.5, 0.6) is 0 Å². The van der Waals surface area contributed by atoms with Crippen molar-refractivity contribution in [2.75, 3.05) is 6.56 Å². The molecule has 30 heavy (non-hydrogen) atoms. The van der Waals surface area contributed by atoms with Gasteiger partial charge in [-0.2, -0.15) is 8.62 Å². The maximum absolute atomic E-state index is 12.0. The molecule has 1 fully saturated rings. The smallest absolute Gasteiger partial charge is 0.387 e. The standard InChI is InChI=1S/C10H17N2O13P3S2/c1-10(14)7(13)5(23-8(10)12-3-2-6(29)11-9(12)30)4-22-27(18,19)25-28(20,21)24-26(15,16)17/h2-3,5,7-8,13-14H,4H2,1H3,(H,18,19)(H,20,21)(H,11,29,30)(H2,15,16,17)/t5-,7+,8-,10?/m1/s1/i2D,4D2. The van der Waals surface area contributed by atoms with Crippen molar-refractivity contribution in [3.8, 4) is 0 Å². The number of aliphatic hydroxyl groups is 2. The lowest BCUT2D eigenvalue weighted by Gasteiger charge is -2.28. The molecule has 172 valence electrons. The molecule has 2 rings (SSSR count). The minimum Gasteiger partial charge on any atom is -0.387 e. The molecule has 1 aliphatic heterocycles. The lowest BCUT2D eigenvalue weighted by Crippen LogP contribution is -2.44. The second-order valence-corrected chi connectivity index (χ2v) is 11.0. The molecular formula is C10H17N2O13P3S2. The second-order valence-electron chi connectivity index (χ2n) is 5.82. The first kappa shape index (κ1) is 21.6. The fourth-order valence-corrected chi connectivity index (χ4v) is 5.56. The quantitative estimate of drug-likeness (QED) is 0.179. The predicted molar refractivity (Wildman–Crippen MR) is 101 cm³/mol. The molecule has 0 aliphatic carbocycles. The van der Waals surface area contributed by atoms with Crippen LogP contribution in [0.3, 0.4) is 0 Å². The van der Waals surface area contributed by atoms with Crippen molar-refractivity contribution in [3.05, 3.63) is 21.7 Å². The number of H-pyrrole nitrogens is 1. The molecular weight excluding hydrogens is 513 g/mol. The van der Waals surface area contributed by atoms with E-state index >= 15 is 0 Å². The van der Waals surface area contributed by atoms with Crippen LogP contribution in [0.2, 0.25) is 0 Å². The Balaban J connectivity index is 2.34. The van der Waals surface area contributed by atoms with E-state index in [1.807, 2.05) is 0 Å². The molecule has 2 heterocycles. The summed E-state index contributed by atoms with van der Waals surface area (Å²) in [5.74, 6) is 0. The third-order valence-electron chi connectivity index (χ3n) is 3.40. The van der Waals surface area contributed by atoms with Gasteiger partial charge in [-0.05, 0) is 25.2 Å². The molecule has 1 aromatic heterocycles. The van der Waals surface area contributed by atoms with E-state index in [1.54, 1.807) is 0 Å². The number of rotatable bonds is 8. The lowest BCUT2D eigenvalue weighted by molar-refractivity contribution is -0.0977. The van der Waals surface area contributed by atoms with Gasteiger partial charge in [-0.15, -0.1) is 0 Å². The van der Waals surface area contributed by atoms with Gasteiger partial charge in [-0.25, -0.2) is 13.7 Å². The Bertz CT molecular complexity index is 1180. The van der Waals surface area contributed by atoms with Gasteiger partial charge in [0.2, 0.25) is 0 Å². The van der Waals surface area contributed by atoms with Gasteiger partial charge >= 0.3 is 23.5 Å². The van der Waals surface area contributed by atoms with E-state index in [0.717, 1.165) is 17.7 Å². The molecule has 0 radical (unpaired) electrons. The van der Waals surface area contributed by atoms with E-state index in [2.05, 4.69) is 18.1 Å². The Labute approximate surface area is 182 Å². The van der Waals surface area contributed by atoms with Crippen molar-refractivity contribution in [2.45, 2.75) is 31.0 Å². The molecule has 0 spiro atoms. The van der Waals surface area contributed by atoms with E-state index in [9.17, 15) is 33.7 Å². The molecule has 1 saturated heterocycles. The summed E-state index contributed by atoms with van der Waals surface area (Å²) >= 11 is 9.86. The van der Waals surface area contributed by atoms with Crippen LogP contribution in [-0.4, -0.2) is 63.7 Å². The number of aromatic nitrogens is 2. The number of aromatic amines is 1. The van der Waals surface area contributed by atoms with Crippen molar-refractivity contribution in [1.82, 2.24) is 9.55 Å². The highest BCUT2D eigenvalue weighted by Crippen LogP contribution is 2.66. The van der Waals surface area contributed by atoms with Crippen molar-refractivity contribution in [3.63, 3.8) is 0 Å². The molecule has 3 unspecified atom stereocenters. The van der Waals surface area contributed by atoms with Crippen molar-refractivity contribution in [2.24, 2.45) is 0 Å². The molecule has 0 saturated carbocycles. The summed E-state index contributed by atoms with van der Waals surface area (Å²) in [7, 11) is -17.6. The molecule has 0 amide bonds. The fraction of sp³-hybridized carbons (Fsp3) is 0.600. The van der Waals surface area contributed by atoms with Crippen LogP contribution < -0.4 is 0 Å². The second kappa shape index (κ2) is 8.98. The monoisotopic (exact) mass is 533 g/mol. The zero-order valence-corrected chi connectivity index (χ0v) is 18.8. The van der Waals surface area contributed by atoms with E-state index in [-0.39, 0.29) is 15.5 Å². The summed E-state index contributed by atoms with van der Waals surface area (Å²) in [4.78, 5) is 38.2. The number of nitrogens with zero attached hydrogens (tertiary/aromatic N) is 1. The largest absolute Gasteiger partial charge is 0.490 e. The maximum Gasteiger partial charge on any atom is 0.490 e. The highest BCUT2D eigenvalue weighted by atomic mass is 32.1. The Morgan fingerprint density at radius 2 is 1.90 bits per heavy atom. The number of phosphoric ester groups is 1. The summed E-state index contributed by atoms with van der Waals surface area (Å²) in [6.07, 6.45) is -5.15. The highest BCUT2D eigenvalue weighted by molar-refractivity contribution is 7.72. The predicted octanol–water partition coefficient (Wildman–Crippen LogP) is 0.628. The first-order chi connectivity index (χ1) is 14.6. The third kappa shape index (κ3) is 6.65. The SMILES string of the molecule is [2H]c1cn([C@@H]2O[C@H](C([2H])([2H])OP(=O)(O)OP(=O)(O)OP(=O)(O)O)[C@H](O)C2(C)O)c(=S)[nH]c1=S. The van der Waals surface area contributed by atoms with E-state index < -0.39 is 54.1 Å². The average Bonchev–Trinajstić information content (AvgIpc) is 2.77. The van der Waals surface area contributed by atoms with Gasteiger partial charge in [-0.1, -0.05) is 12.2 Å². The first-order valence-corrected chi connectivity index (χ1v) is 12.6. The zero-order chi connectivity index (χ0) is 25.8. The van der Waals surface area contributed by atoms with Crippen LogP contribution in [0, 0.1) is 9.41 Å². The molecule has 20 heteroatoms. The van der Waals surface area contributed by atoms with Crippen molar-refractivity contribution >= 4 is 47.9 Å². The molecule has 7 N–H and O–H groups in total. The molecule has 1 aliphatic rings. The highest BCUT2D eigenvalue weighted by Gasteiger charge is 2.54. The van der Waals surface area contributed by atoms with Gasteiger partial charge < -0.3 is 39.5 Å². The summed E-state index contributed by atoms with van der Waals surface area (Å²) in [5, 5.41) is 21.1. The maximum atomic E-state index is 12.0. The third-order valence-corrected chi connectivity index (χ3v) is 7.60. The first-order valence-electron chi connectivity index (χ1n) is 8.80. The minimum absolute atomic E-state index is 0.0750. The molecule has 15 nitrogen and oxygen atoms in total. The van der Waals surface area contributed by atoms with E-state index in [4.69, 9.17) is 43.1 Å². The van der Waals surface area contributed by atoms with Crippen LogP contribution in [0.15, 0.2) is 12.2 Å². The van der Waals surface area contributed by atoms with Crippen LogP contribution in [-0.2, 0) is 31.6 Å². The van der Waals surface area contributed by atoms with Gasteiger partial charge in [0, 0.05) is 6.20 Å². The molecule has 6 atom stereocenters. The average molecular weight is 533 g/mol. The van der Waals surface area contributed by atoms with Crippen LogP contribution >= 0.6 is 47.9 Å². The van der Waals surface area contributed by atoms with Gasteiger partial charge in [0.15, 0.2) is 11.0 Å². The summed E-state index contributed by atoms with van der Waals surface area (Å²) in [6.45, 7) is -2.56.